The Morgan fingerprint density at radius 1 is 1.24 bits per heavy atom. The minimum atomic E-state index is 0.0267. The number of nitrogens with zero attached hydrogens (tertiary/aromatic N) is 1. The molecule has 1 aliphatic heterocycles. The lowest BCUT2D eigenvalue weighted by Gasteiger charge is -2.36. The van der Waals surface area contributed by atoms with Gasteiger partial charge in [0.15, 0.2) is 0 Å². The van der Waals surface area contributed by atoms with Crippen molar-refractivity contribution in [2.24, 2.45) is 11.8 Å². The van der Waals surface area contributed by atoms with E-state index in [9.17, 15) is 0 Å². The molecule has 0 bridgehead atoms. The van der Waals surface area contributed by atoms with Gasteiger partial charge in [-0.05, 0) is 32.6 Å². The summed E-state index contributed by atoms with van der Waals surface area (Å²) in [6.45, 7) is 22.8. The molecular weight excluding hydrogens is 260 g/mol. The highest BCUT2D eigenvalue weighted by Crippen LogP contribution is 2.32. The van der Waals surface area contributed by atoms with E-state index in [1.54, 1.807) is 7.11 Å². The summed E-state index contributed by atoms with van der Waals surface area (Å²) in [5.74, 6) is 1.05. The smallest absolute Gasteiger partial charge is 0.0769 e. The second-order valence-electron chi connectivity index (χ2n) is 7.69. The van der Waals surface area contributed by atoms with E-state index in [0.29, 0.717) is 11.8 Å². The topological polar surface area (TPSA) is 24.5 Å². The summed E-state index contributed by atoms with van der Waals surface area (Å²) in [4.78, 5) is 2.39. The zero-order chi connectivity index (χ0) is 16.4. The molecule has 0 spiro atoms. The molecule has 122 valence electrons. The molecule has 1 rings (SSSR count). The number of rotatable bonds is 6. The largest absolute Gasteiger partial charge is 0.383 e. The minimum absolute atomic E-state index is 0.0267. The molecule has 0 radical (unpaired) electrons. The number of likely N-dealkylation sites (tertiary alicyclic amines) is 1. The average Bonchev–Trinajstić information content (AvgIpc) is 2.79. The number of hydrogen-bond acceptors (Lipinski definition) is 3. The third-order valence-electron chi connectivity index (χ3n) is 4.43. The van der Waals surface area contributed by atoms with Crippen LogP contribution in [-0.4, -0.2) is 36.2 Å². The van der Waals surface area contributed by atoms with Crippen LogP contribution in [0.4, 0.5) is 0 Å². The van der Waals surface area contributed by atoms with Gasteiger partial charge in [-0.3, -0.25) is 0 Å². The quantitative estimate of drug-likeness (QED) is 0.807. The van der Waals surface area contributed by atoms with Crippen LogP contribution in [0.15, 0.2) is 24.6 Å². The minimum Gasteiger partial charge on any atom is -0.383 e. The number of ether oxygens (including phenoxy) is 1. The van der Waals surface area contributed by atoms with E-state index in [4.69, 9.17) is 4.74 Å². The van der Waals surface area contributed by atoms with Gasteiger partial charge in [-0.1, -0.05) is 33.9 Å². The molecule has 1 fully saturated rings. The zero-order valence-corrected chi connectivity index (χ0v) is 15.0. The molecule has 1 N–H and O–H groups in total. The van der Waals surface area contributed by atoms with Crippen LogP contribution in [0.2, 0.25) is 0 Å². The van der Waals surface area contributed by atoms with Gasteiger partial charge in [0.25, 0.3) is 0 Å². The van der Waals surface area contributed by atoms with E-state index in [0.717, 1.165) is 18.7 Å². The number of allylic oxidation sites excluding steroid dienone is 1. The Balaban J connectivity index is 2.88. The summed E-state index contributed by atoms with van der Waals surface area (Å²) in [7, 11) is 1.79. The second kappa shape index (κ2) is 6.87. The molecule has 0 aromatic heterocycles. The van der Waals surface area contributed by atoms with Gasteiger partial charge < -0.3 is 15.0 Å². The van der Waals surface area contributed by atoms with Crippen LogP contribution in [0.3, 0.4) is 0 Å². The van der Waals surface area contributed by atoms with Crippen LogP contribution in [-0.2, 0) is 4.74 Å². The van der Waals surface area contributed by atoms with E-state index in [2.05, 4.69) is 64.9 Å². The molecule has 3 atom stereocenters. The average molecular weight is 294 g/mol. The van der Waals surface area contributed by atoms with Crippen LogP contribution in [0.1, 0.15) is 48.0 Å². The first-order chi connectivity index (χ1) is 9.56. The van der Waals surface area contributed by atoms with Crippen LogP contribution in [0, 0.1) is 11.8 Å². The number of nitrogens with one attached hydrogen (secondary N) is 1. The molecule has 0 amide bonds. The first-order valence-corrected chi connectivity index (χ1v) is 8.02. The zero-order valence-electron chi connectivity index (χ0n) is 15.0. The fourth-order valence-electron chi connectivity index (χ4n) is 2.83. The van der Waals surface area contributed by atoms with Gasteiger partial charge in [0.1, 0.15) is 0 Å². The third kappa shape index (κ3) is 4.77. The van der Waals surface area contributed by atoms with E-state index in [1.807, 2.05) is 0 Å². The molecular formula is C18H34N2O. The van der Waals surface area contributed by atoms with E-state index < -0.39 is 0 Å². The predicted molar refractivity (Wildman–Crippen MR) is 91.1 cm³/mol. The lowest BCUT2D eigenvalue weighted by atomic mass is 9.94. The van der Waals surface area contributed by atoms with E-state index in [-0.39, 0.29) is 17.7 Å². The van der Waals surface area contributed by atoms with Gasteiger partial charge in [0.05, 0.1) is 12.1 Å². The maximum absolute atomic E-state index is 5.59. The van der Waals surface area contributed by atoms with Crippen LogP contribution in [0.5, 0.6) is 0 Å². The van der Waals surface area contributed by atoms with Crippen LogP contribution < -0.4 is 5.32 Å². The Bertz CT molecular complexity index is 381. The van der Waals surface area contributed by atoms with Gasteiger partial charge in [-0.2, -0.15) is 0 Å². The molecule has 3 nitrogen and oxygen atoms in total. The molecule has 1 aliphatic rings. The van der Waals surface area contributed by atoms with Crippen molar-refractivity contribution in [1.29, 1.82) is 0 Å². The summed E-state index contributed by atoms with van der Waals surface area (Å²) in [5.41, 5.74) is 2.30. The van der Waals surface area contributed by atoms with E-state index >= 15 is 0 Å². The first kappa shape index (κ1) is 18.1. The summed E-state index contributed by atoms with van der Waals surface area (Å²) in [6.07, 6.45) is 1.23. The first-order valence-electron chi connectivity index (χ1n) is 8.02. The summed E-state index contributed by atoms with van der Waals surface area (Å²) < 4.78 is 5.59. The fourth-order valence-corrected chi connectivity index (χ4v) is 2.83. The lowest BCUT2D eigenvalue weighted by Crippen LogP contribution is -2.43. The highest BCUT2D eigenvalue weighted by atomic mass is 16.5. The Morgan fingerprint density at radius 3 is 2.24 bits per heavy atom. The molecule has 1 heterocycles. The maximum Gasteiger partial charge on any atom is 0.0769 e. The molecule has 0 aromatic carbocycles. The van der Waals surface area contributed by atoms with E-state index in [1.165, 1.54) is 5.70 Å². The normalized spacial score (nSPS) is 24.3. The Hall–Kier alpha value is -0.960. The van der Waals surface area contributed by atoms with Crippen molar-refractivity contribution in [2.75, 3.05) is 13.7 Å². The molecule has 3 heteroatoms. The van der Waals surface area contributed by atoms with Crippen molar-refractivity contribution in [3.8, 4) is 0 Å². The second-order valence-corrected chi connectivity index (χ2v) is 7.69. The SMILES string of the molecule is C=C(NC(C)(C)C)C1CC(OC)CN1C(=C)C(C)C(C)C. The Morgan fingerprint density at radius 2 is 1.81 bits per heavy atom. The predicted octanol–water partition coefficient (Wildman–Crippen LogP) is 3.78. The monoisotopic (exact) mass is 294 g/mol. The number of methoxy groups -OCH3 is 1. The Kier molecular flexibility index (Phi) is 5.92. The molecule has 21 heavy (non-hydrogen) atoms. The van der Waals surface area contributed by atoms with Crippen molar-refractivity contribution < 1.29 is 4.74 Å². The summed E-state index contributed by atoms with van der Waals surface area (Å²) in [6, 6.07) is 0.267. The molecule has 0 saturated carbocycles. The summed E-state index contributed by atoms with van der Waals surface area (Å²) >= 11 is 0. The van der Waals surface area contributed by atoms with Crippen LogP contribution >= 0.6 is 0 Å². The molecule has 3 unspecified atom stereocenters. The van der Waals surface area contributed by atoms with Gasteiger partial charge in [-0.25, -0.2) is 0 Å². The van der Waals surface area contributed by atoms with Gasteiger partial charge in [-0.15, -0.1) is 0 Å². The van der Waals surface area contributed by atoms with Gasteiger partial charge in [0, 0.05) is 37.0 Å². The van der Waals surface area contributed by atoms with Gasteiger partial charge >= 0.3 is 0 Å². The third-order valence-corrected chi connectivity index (χ3v) is 4.43. The standard InChI is InChI=1S/C18H34N2O/c1-12(2)13(3)15(5)20-11-16(21-9)10-17(20)14(4)19-18(6,7)8/h12-13,16-17,19H,4-5,10-11H2,1-3,6-9H3. The molecule has 0 aromatic rings. The van der Waals surface area contributed by atoms with Crippen molar-refractivity contribution in [2.45, 2.75) is 65.6 Å². The lowest BCUT2D eigenvalue weighted by molar-refractivity contribution is 0.110. The Labute approximate surface area is 131 Å². The van der Waals surface area contributed by atoms with Crippen molar-refractivity contribution in [3.05, 3.63) is 24.6 Å². The van der Waals surface area contributed by atoms with Crippen LogP contribution in [0.25, 0.3) is 0 Å². The highest BCUT2D eigenvalue weighted by molar-refractivity contribution is 5.17. The van der Waals surface area contributed by atoms with Crippen molar-refractivity contribution in [3.63, 3.8) is 0 Å². The maximum atomic E-state index is 5.59. The summed E-state index contributed by atoms with van der Waals surface area (Å²) in [5, 5.41) is 3.53. The van der Waals surface area contributed by atoms with Crippen molar-refractivity contribution >= 4 is 0 Å². The molecule has 0 aliphatic carbocycles. The fraction of sp³-hybridized carbons (Fsp3) is 0.778. The number of hydrogen-bond donors (Lipinski definition) is 1. The highest BCUT2D eigenvalue weighted by Gasteiger charge is 2.36. The van der Waals surface area contributed by atoms with Gasteiger partial charge in [0.2, 0.25) is 0 Å². The van der Waals surface area contributed by atoms with Crippen molar-refractivity contribution in [1.82, 2.24) is 10.2 Å². The molecule has 1 saturated heterocycles.